The van der Waals surface area contributed by atoms with Crippen molar-refractivity contribution < 1.29 is 9.90 Å². The Morgan fingerprint density at radius 3 is 2.45 bits per heavy atom. The first-order valence-electron chi connectivity index (χ1n) is 7.10. The molecule has 2 rings (SSSR count). The Labute approximate surface area is 130 Å². The van der Waals surface area contributed by atoms with Gasteiger partial charge in [-0.1, -0.05) is 48.1 Å². The first-order valence-corrected chi connectivity index (χ1v) is 7.10. The van der Waals surface area contributed by atoms with Gasteiger partial charge in [0.05, 0.1) is 5.56 Å². The number of hydrogen-bond acceptors (Lipinski definition) is 2. The summed E-state index contributed by atoms with van der Waals surface area (Å²) >= 11 is 0. The Morgan fingerprint density at radius 1 is 1.09 bits per heavy atom. The van der Waals surface area contributed by atoms with Gasteiger partial charge in [0.15, 0.2) is 0 Å². The molecule has 2 aromatic rings. The molecule has 0 saturated heterocycles. The normalized spacial score (nSPS) is 11.2. The third-order valence-corrected chi connectivity index (χ3v) is 3.17. The summed E-state index contributed by atoms with van der Waals surface area (Å²) in [6.07, 6.45) is 7.55. The highest BCUT2D eigenvalue weighted by atomic mass is 16.3. The lowest BCUT2D eigenvalue weighted by Gasteiger charge is -2.08. The molecule has 2 N–H and O–H groups in total. The molecule has 0 unspecified atom stereocenters. The van der Waals surface area contributed by atoms with Gasteiger partial charge in [-0.3, -0.25) is 4.79 Å². The van der Waals surface area contributed by atoms with Crippen LogP contribution >= 0.6 is 0 Å². The van der Waals surface area contributed by atoms with E-state index in [4.69, 9.17) is 0 Å². The molecule has 0 aliphatic heterocycles. The van der Waals surface area contributed by atoms with Crippen molar-refractivity contribution in [3.05, 3.63) is 77.4 Å². The number of phenols is 1. The number of rotatable bonds is 4. The molecule has 3 heteroatoms. The SMILES string of the molecule is C/C=C\C=C/c1ccc(C(=O)Nc2ccc(C)cc2)c(O)c1. The summed E-state index contributed by atoms with van der Waals surface area (Å²) in [6.45, 7) is 3.91. The van der Waals surface area contributed by atoms with Crippen LogP contribution in [0, 0.1) is 6.92 Å². The second-order valence-electron chi connectivity index (χ2n) is 4.98. The number of aryl methyl sites for hydroxylation is 1. The topological polar surface area (TPSA) is 49.3 Å². The van der Waals surface area contributed by atoms with Crippen molar-refractivity contribution in [2.24, 2.45) is 0 Å². The fourth-order valence-electron chi connectivity index (χ4n) is 1.96. The highest BCUT2D eigenvalue weighted by Gasteiger charge is 2.11. The summed E-state index contributed by atoms with van der Waals surface area (Å²) in [6, 6.07) is 12.5. The molecular formula is C19H19NO2. The van der Waals surface area contributed by atoms with Crippen LogP contribution in [-0.2, 0) is 0 Å². The van der Waals surface area contributed by atoms with E-state index in [9.17, 15) is 9.90 Å². The van der Waals surface area contributed by atoms with Gasteiger partial charge < -0.3 is 10.4 Å². The molecule has 0 saturated carbocycles. The molecule has 0 fully saturated rings. The molecule has 2 aromatic carbocycles. The minimum atomic E-state index is -0.328. The summed E-state index contributed by atoms with van der Waals surface area (Å²) in [5, 5.41) is 12.8. The molecule has 22 heavy (non-hydrogen) atoms. The van der Waals surface area contributed by atoms with Gasteiger partial charge in [0.1, 0.15) is 5.75 Å². The summed E-state index contributed by atoms with van der Waals surface area (Å²) < 4.78 is 0. The van der Waals surface area contributed by atoms with Crippen LogP contribution in [0.25, 0.3) is 6.08 Å². The number of nitrogens with one attached hydrogen (secondary N) is 1. The Balaban J connectivity index is 2.14. The van der Waals surface area contributed by atoms with E-state index in [2.05, 4.69) is 5.32 Å². The maximum atomic E-state index is 12.2. The highest BCUT2D eigenvalue weighted by Crippen LogP contribution is 2.21. The third-order valence-electron chi connectivity index (χ3n) is 3.17. The number of aromatic hydroxyl groups is 1. The summed E-state index contributed by atoms with van der Waals surface area (Å²) in [4.78, 5) is 12.2. The summed E-state index contributed by atoms with van der Waals surface area (Å²) in [5.74, 6) is -0.363. The van der Waals surface area contributed by atoms with E-state index >= 15 is 0 Å². The fraction of sp³-hybridized carbons (Fsp3) is 0.105. The van der Waals surface area contributed by atoms with Gasteiger partial charge in [0.2, 0.25) is 0 Å². The number of anilines is 1. The smallest absolute Gasteiger partial charge is 0.259 e. The van der Waals surface area contributed by atoms with Crippen LogP contribution in [0.15, 0.2) is 60.7 Å². The third kappa shape index (κ3) is 4.09. The van der Waals surface area contributed by atoms with Crippen LogP contribution in [0.4, 0.5) is 5.69 Å². The van der Waals surface area contributed by atoms with Crippen LogP contribution in [0.2, 0.25) is 0 Å². The predicted octanol–water partition coefficient (Wildman–Crippen LogP) is 4.54. The second kappa shape index (κ2) is 7.27. The number of carbonyl (C=O) groups is 1. The minimum absolute atomic E-state index is 0.0350. The van der Waals surface area contributed by atoms with E-state index < -0.39 is 0 Å². The molecule has 0 radical (unpaired) electrons. The van der Waals surface area contributed by atoms with Crippen LogP contribution < -0.4 is 5.32 Å². The Morgan fingerprint density at radius 2 is 1.82 bits per heavy atom. The summed E-state index contributed by atoms with van der Waals surface area (Å²) in [5.41, 5.74) is 2.91. The van der Waals surface area contributed by atoms with Crippen molar-refractivity contribution in [2.75, 3.05) is 5.32 Å². The monoisotopic (exact) mass is 293 g/mol. The molecule has 0 bridgehead atoms. The zero-order chi connectivity index (χ0) is 15.9. The van der Waals surface area contributed by atoms with Crippen molar-refractivity contribution in [1.29, 1.82) is 0 Å². The first kappa shape index (κ1) is 15.6. The van der Waals surface area contributed by atoms with Gasteiger partial charge in [-0.05, 0) is 43.7 Å². The number of phenolic OH excluding ortho intramolecular Hbond substituents is 1. The number of benzene rings is 2. The number of hydrogen-bond donors (Lipinski definition) is 2. The van der Waals surface area contributed by atoms with E-state index in [1.54, 1.807) is 18.2 Å². The lowest BCUT2D eigenvalue weighted by atomic mass is 10.1. The molecule has 0 heterocycles. The lowest BCUT2D eigenvalue weighted by molar-refractivity contribution is 0.102. The highest BCUT2D eigenvalue weighted by molar-refractivity contribution is 6.06. The van der Waals surface area contributed by atoms with Crippen LogP contribution in [0.3, 0.4) is 0 Å². The Hall–Kier alpha value is -2.81. The summed E-state index contributed by atoms with van der Waals surface area (Å²) in [7, 11) is 0. The second-order valence-corrected chi connectivity index (χ2v) is 4.98. The molecule has 0 spiro atoms. The van der Waals surface area contributed by atoms with Crippen molar-refractivity contribution in [1.82, 2.24) is 0 Å². The predicted molar refractivity (Wildman–Crippen MR) is 91.1 cm³/mol. The van der Waals surface area contributed by atoms with Crippen LogP contribution in [0.1, 0.15) is 28.4 Å². The van der Waals surface area contributed by atoms with Crippen molar-refractivity contribution >= 4 is 17.7 Å². The maximum Gasteiger partial charge on any atom is 0.259 e. The van der Waals surface area contributed by atoms with Gasteiger partial charge in [-0.25, -0.2) is 0 Å². The number of allylic oxidation sites excluding steroid dienone is 3. The lowest BCUT2D eigenvalue weighted by Crippen LogP contribution is -2.12. The van der Waals surface area contributed by atoms with Gasteiger partial charge in [-0.2, -0.15) is 0 Å². The van der Waals surface area contributed by atoms with E-state index in [-0.39, 0.29) is 17.2 Å². The van der Waals surface area contributed by atoms with Gasteiger partial charge >= 0.3 is 0 Å². The van der Waals surface area contributed by atoms with E-state index in [1.807, 2.05) is 62.4 Å². The van der Waals surface area contributed by atoms with Crippen molar-refractivity contribution in [3.63, 3.8) is 0 Å². The molecule has 3 nitrogen and oxygen atoms in total. The largest absolute Gasteiger partial charge is 0.507 e. The standard InChI is InChI=1S/C19H19NO2/c1-3-4-5-6-15-9-12-17(18(21)13-15)19(22)20-16-10-7-14(2)8-11-16/h3-13,21H,1-2H3,(H,20,22)/b4-3-,6-5-. The first-order chi connectivity index (χ1) is 10.6. The van der Waals surface area contributed by atoms with Gasteiger partial charge in [0.25, 0.3) is 5.91 Å². The fourth-order valence-corrected chi connectivity index (χ4v) is 1.96. The van der Waals surface area contributed by atoms with Crippen molar-refractivity contribution in [2.45, 2.75) is 13.8 Å². The van der Waals surface area contributed by atoms with Gasteiger partial charge in [-0.15, -0.1) is 0 Å². The molecule has 0 atom stereocenters. The molecule has 1 amide bonds. The Kier molecular flexibility index (Phi) is 5.15. The molecule has 0 aromatic heterocycles. The van der Waals surface area contributed by atoms with E-state index in [0.717, 1.165) is 11.1 Å². The van der Waals surface area contributed by atoms with Crippen LogP contribution in [0.5, 0.6) is 5.75 Å². The molecular weight excluding hydrogens is 274 g/mol. The number of carbonyl (C=O) groups excluding carboxylic acids is 1. The Bertz CT molecular complexity index is 713. The minimum Gasteiger partial charge on any atom is -0.507 e. The molecule has 0 aliphatic rings. The van der Waals surface area contributed by atoms with E-state index in [0.29, 0.717) is 5.69 Å². The quantitative estimate of drug-likeness (QED) is 0.813. The zero-order valence-corrected chi connectivity index (χ0v) is 12.7. The van der Waals surface area contributed by atoms with Crippen molar-refractivity contribution in [3.8, 4) is 5.75 Å². The zero-order valence-electron chi connectivity index (χ0n) is 12.7. The van der Waals surface area contributed by atoms with E-state index in [1.165, 1.54) is 0 Å². The molecule has 0 aliphatic carbocycles. The molecule has 112 valence electrons. The van der Waals surface area contributed by atoms with Crippen LogP contribution in [-0.4, -0.2) is 11.0 Å². The maximum absolute atomic E-state index is 12.2. The van der Waals surface area contributed by atoms with Gasteiger partial charge in [0, 0.05) is 5.69 Å². The average molecular weight is 293 g/mol. The number of amides is 1. The average Bonchev–Trinajstić information content (AvgIpc) is 2.50.